The Morgan fingerprint density at radius 2 is 2.57 bits per heavy atom. The van der Waals surface area contributed by atoms with E-state index < -0.39 is 0 Å². The number of hydrogen-bond donors (Lipinski definition) is 2. The van der Waals surface area contributed by atoms with Crippen molar-refractivity contribution in [2.24, 2.45) is 10.7 Å². The van der Waals surface area contributed by atoms with Crippen LogP contribution in [0.2, 0.25) is 0 Å². The molecule has 0 aromatic heterocycles. The molecule has 1 aliphatic heterocycles. The SMILES string of the molecule is Cl.NC1CNC=N1. The standard InChI is InChI=1S/C3H7N3.ClH/c4-3-1-5-2-6-3;/h2-3H,1,4H2,(H,5,6);1H. The lowest BCUT2D eigenvalue weighted by molar-refractivity contribution is 0.732. The number of nitrogens with two attached hydrogens (primary N) is 1. The number of rotatable bonds is 0. The second kappa shape index (κ2) is 2.82. The minimum absolute atomic E-state index is 0. The number of nitrogens with zero attached hydrogens (tertiary/aromatic N) is 1. The first-order valence-electron chi connectivity index (χ1n) is 1.90. The van der Waals surface area contributed by atoms with Crippen molar-refractivity contribution in [3.05, 3.63) is 0 Å². The fraction of sp³-hybridized carbons (Fsp3) is 0.667. The third kappa shape index (κ3) is 1.75. The van der Waals surface area contributed by atoms with Crippen LogP contribution in [0.4, 0.5) is 0 Å². The van der Waals surface area contributed by atoms with Crippen LogP contribution in [0.3, 0.4) is 0 Å². The van der Waals surface area contributed by atoms with E-state index >= 15 is 0 Å². The summed E-state index contributed by atoms with van der Waals surface area (Å²) in [6, 6.07) is 0. The normalized spacial score (nSPS) is 26.1. The maximum atomic E-state index is 5.27. The molecule has 0 fully saturated rings. The zero-order valence-corrected chi connectivity index (χ0v) is 4.61. The van der Waals surface area contributed by atoms with E-state index in [-0.39, 0.29) is 18.6 Å². The molecule has 0 spiro atoms. The summed E-state index contributed by atoms with van der Waals surface area (Å²) in [5.41, 5.74) is 5.27. The van der Waals surface area contributed by atoms with Crippen LogP contribution in [0, 0.1) is 0 Å². The highest BCUT2D eigenvalue weighted by molar-refractivity contribution is 5.85. The van der Waals surface area contributed by atoms with Crippen molar-refractivity contribution in [1.29, 1.82) is 0 Å². The molecule has 0 saturated heterocycles. The van der Waals surface area contributed by atoms with Crippen molar-refractivity contribution in [2.75, 3.05) is 6.54 Å². The molecule has 1 unspecified atom stereocenters. The van der Waals surface area contributed by atoms with Gasteiger partial charge < -0.3 is 11.1 Å². The zero-order chi connectivity index (χ0) is 4.41. The van der Waals surface area contributed by atoms with E-state index in [1.165, 1.54) is 0 Å². The lowest BCUT2D eigenvalue weighted by Gasteiger charge is -1.90. The molecular formula is C3H8ClN3. The Morgan fingerprint density at radius 3 is 2.71 bits per heavy atom. The Morgan fingerprint density at radius 1 is 1.86 bits per heavy atom. The van der Waals surface area contributed by atoms with E-state index in [9.17, 15) is 0 Å². The molecule has 42 valence electrons. The molecule has 0 amide bonds. The summed E-state index contributed by atoms with van der Waals surface area (Å²) in [6.07, 6.45) is 1.63. The van der Waals surface area contributed by atoms with Crippen LogP contribution in [0.1, 0.15) is 0 Å². The van der Waals surface area contributed by atoms with E-state index in [2.05, 4.69) is 10.3 Å². The summed E-state index contributed by atoms with van der Waals surface area (Å²) in [7, 11) is 0. The molecule has 0 radical (unpaired) electrons. The minimum Gasteiger partial charge on any atom is -0.373 e. The van der Waals surface area contributed by atoms with Gasteiger partial charge in [-0.3, -0.25) is 4.99 Å². The van der Waals surface area contributed by atoms with Gasteiger partial charge in [-0.1, -0.05) is 0 Å². The van der Waals surface area contributed by atoms with Gasteiger partial charge in [-0.2, -0.15) is 0 Å². The molecule has 3 N–H and O–H groups in total. The third-order valence-electron chi connectivity index (χ3n) is 0.684. The van der Waals surface area contributed by atoms with E-state index in [1.807, 2.05) is 0 Å². The van der Waals surface area contributed by atoms with Crippen LogP contribution >= 0.6 is 12.4 Å². The Kier molecular flexibility index (Phi) is 2.71. The quantitative estimate of drug-likeness (QED) is 0.447. The van der Waals surface area contributed by atoms with Crippen LogP contribution in [-0.4, -0.2) is 19.0 Å². The van der Waals surface area contributed by atoms with Crippen molar-refractivity contribution in [2.45, 2.75) is 6.17 Å². The lowest BCUT2D eigenvalue weighted by atomic mass is 10.6. The molecule has 0 aromatic carbocycles. The smallest absolute Gasteiger partial charge is 0.116 e. The number of nitrogens with one attached hydrogen (secondary N) is 1. The summed E-state index contributed by atoms with van der Waals surface area (Å²) in [5.74, 6) is 0. The lowest BCUT2D eigenvalue weighted by Crippen LogP contribution is -2.23. The molecule has 1 atom stereocenters. The van der Waals surface area contributed by atoms with Gasteiger partial charge in [-0.25, -0.2) is 0 Å². The molecule has 1 aliphatic rings. The van der Waals surface area contributed by atoms with Crippen molar-refractivity contribution in [3.8, 4) is 0 Å². The molecule has 1 heterocycles. The van der Waals surface area contributed by atoms with Gasteiger partial charge in [0.2, 0.25) is 0 Å². The van der Waals surface area contributed by atoms with Crippen molar-refractivity contribution >= 4 is 18.7 Å². The maximum Gasteiger partial charge on any atom is 0.116 e. The Balaban J connectivity index is 0.000000360. The summed E-state index contributed by atoms with van der Waals surface area (Å²) in [6.45, 7) is 0.792. The average molecular weight is 122 g/mol. The molecule has 0 saturated carbocycles. The molecule has 3 nitrogen and oxygen atoms in total. The molecule has 0 aliphatic carbocycles. The van der Waals surface area contributed by atoms with Gasteiger partial charge in [0.1, 0.15) is 6.17 Å². The average Bonchev–Trinajstić information content (AvgIpc) is 1.86. The first kappa shape index (κ1) is 6.72. The van der Waals surface area contributed by atoms with Gasteiger partial charge in [0.15, 0.2) is 0 Å². The van der Waals surface area contributed by atoms with Gasteiger partial charge in [0, 0.05) is 0 Å². The summed E-state index contributed by atoms with van der Waals surface area (Å²) >= 11 is 0. The van der Waals surface area contributed by atoms with Crippen molar-refractivity contribution < 1.29 is 0 Å². The number of aliphatic imine (C=N–C) groups is 1. The molecular weight excluding hydrogens is 114 g/mol. The molecule has 7 heavy (non-hydrogen) atoms. The first-order chi connectivity index (χ1) is 2.89. The van der Waals surface area contributed by atoms with Gasteiger partial charge in [0.05, 0.1) is 12.9 Å². The van der Waals surface area contributed by atoms with E-state index in [0.717, 1.165) is 6.54 Å². The predicted molar refractivity (Wildman–Crippen MR) is 31.7 cm³/mol. The first-order valence-corrected chi connectivity index (χ1v) is 1.90. The third-order valence-corrected chi connectivity index (χ3v) is 0.684. The number of hydrogen-bond acceptors (Lipinski definition) is 3. The van der Waals surface area contributed by atoms with Crippen molar-refractivity contribution in [1.82, 2.24) is 5.32 Å². The largest absolute Gasteiger partial charge is 0.373 e. The van der Waals surface area contributed by atoms with Crippen molar-refractivity contribution in [3.63, 3.8) is 0 Å². The monoisotopic (exact) mass is 121 g/mol. The van der Waals surface area contributed by atoms with Crippen LogP contribution in [0.5, 0.6) is 0 Å². The van der Waals surface area contributed by atoms with Gasteiger partial charge in [0.25, 0.3) is 0 Å². The second-order valence-electron chi connectivity index (χ2n) is 1.25. The van der Waals surface area contributed by atoms with Gasteiger partial charge >= 0.3 is 0 Å². The van der Waals surface area contributed by atoms with Gasteiger partial charge in [-0.15, -0.1) is 12.4 Å². The fourth-order valence-corrected chi connectivity index (χ4v) is 0.375. The van der Waals surface area contributed by atoms with E-state index in [0.29, 0.717) is 0 Å². The fourth-order valence-electron chi connectivity index (χ4n) is 0.375. The second-order valence-corrected chi connectivity index (χ2v) is 1.25. The van der Waals surface area contributed by atoms with Gasteiger partial charge in [-0.05, 0) is 0 Å². The Labute approximate surface area is 48.4 Å². The maximum absolute atomic E-state index is 5.27. The van der Waals surface area contributed by atoms with Crippen LogP contribution < -0.4 is 11.1 Å². The summed E-state index contributed by atoms with van der Waals surface area (Å²) < 4.78 is 0. The Bertz CT molecular complexity index is 72.6. The highest BCUT2D eigenvalue weighted by Gasteiger charge is 1.98. The zero-order valence-electron chi connectivity index (χ0n) is 3.79. The molecule has 4 heteroatoms. The molecule has 0 bridgehead atoms. The molecule has 1 rings (SSSR count). The van der Waals surface area contributed by atoms with Crippen LogP contribution in [0.15, 0.2) is 4.99 Å². The van der Waals surface area contributed by atoms with Crippen LogP contribution in [-0.2, 0) is 0 Å². The Hall–Kier alpha value is -0.280. The van der Waals surface area contributed by atoms with E-state index in [1.54, 1.807) is 6.34 Å². The van der Waals surface area contributed by atoms with E-state index in [4.69, 9.17) is 5.73 Å². The predicted octanol–water partition coefficient (Wildman–Crippen LogP) is -0.676. The minimum atomic E-state index is 0. The summed E-state index contributed by atoms with van der Waals surface area (Å²) in [4.78, 5) is 3.78. The highest BCUT2D eigenvalue weighted by Crippen LogP contribution is 1.79. The topological polar surface area (TPSA) is 50.4 Å². The highest BCUT2D eigenvalue weighted by atomic mass is 35.5. The van der Waals surface area contributed by atoms with Crippen LogP contribution in [0.25, 0.3) is 0 Å². The number of halogens is 1. The molecule has 0 aromatic rings. The summed E-state index contributed by atoms with van der Waals surface area (Å²) in [5, 5.41) is 2.86.